The summed E-state index contributed by atoms with van der Waals surface area (Å²) in [5, 5.41) is 2.81. The van der Waals surface area contributed by atoms with Crippen molar-refractivity contribution in [2.75, 3.05) is 5.75 Å². The summed E-state index contributed by atoms with van der Waals surface area (Å²) in [6.45, 7) is 1.04. The smallest absolute Gasteiger partial charge is 0.259 e. The van der Waals surface area contributed by atoms with Gasteiger partial charge in [0, 0.05) is 21.9 Å². The summed E-state index contributed by atoms with van der Waals surface area (Å²) in [5.41, 5.74) is 1.17. The molecule has 32 heavy (non-hydrogen) atoms. The molecule has 0 aliphatic heterocycles. The van der Waals surface area contributed by atoms with Gasteiger partial charge in [-0.3, -0.25) is 9.59 Å². The molecule has 1 amide bonds. The highest BCUT2D eigenvalue weighted by molar-refractivity contribution is 7.98. The van der Waals surface area contributed by atoms with Crippen LogP contribution in [0.15, 0.2) is 45.1 Å². The number of amides is 1. The molecule has 4 aromatic heterocycles. The van der Waals surface area contributed by atoms with E-state index >= 15 is 0 Å². The van der Waals surface area contributed by atoms with E-state index in [0.717, 1.165) is 40.1 Å². The van der Waals surface area contributed by atoms with Crippen molar-refractivity contribution in [2.45, 2.75) is 44.5 Å². The molecular weight excluding hydrogens is 462 g/mol. The Balaban J connectivity index is 1.18. The molecule has 0 fully saturated rings. The molecule has 1 aliphatic rings. The Bertz CT molecular complexity index is 1220. The molecule has 0 bridgehead atoms. The van der Waals surface area contributed by atoms with Crippen molar-refractivity contribution in [2.24, 2.45) is 0 Å². The Morgan fingerprint density at radius 2 is 2.19 bits per heavy atom. The van der Waals surface area contributed by atoms with Gasteiger partial charge in [0.2, 0.25) is 5.91 Å². The van der Waals surface area contributed by atoms with Gasteiger partial charge in [-0.05, 0) is 48.4 Å². The highest BCUT2D eigenvalue weighted by atomic mass is 32.2. The van der Waals surface area contributed by atoms with Gasteiger partial charge >= 0.3 is 0 Å². The second-order valence-corrected chi connectivity index (χ2v) is 11.0. The van der Waals surface area contributed by atoms with Gasteiger partial charge in [-0.2, -0.15) is 11.8 Å². The number of aryl methyl sites for hydroxylation is 2. The van der Waals surface area contributed by atoms with E-state index in [1.807, 2.05) is 34.5 Å². The molecular formula is C23H23N3O3S3. The fourth-order valence-corrected chi connectivity index (χ4v) is 6.81. The zero-order valence-corrected chi connectivity index (χ0v) is 19.9. The number of hydrogen-bond acceptors (Lipinski definition) is 7. The Morgan fingerprint density at radius 1 is 1.25 bits per heavy atom. The van der Waals surface area contributed by atoms with Crippen LogP contribution in [0.5, 0.6) is 0 Å². The van der Waals surface area contributed by atoms with Gasteiger partial charge < -0.3 is 14.3 Å². The van der Waals surface area contributed by atoms with Crippen molar-refractivity contribution in [3.05, 3.63) is 73.2 Å². The number of nitrogens with zero attached hydrogens (tertiary/aromatic N) is 2. The molecule has 4 heterocycles. The van der Waals surface area contributed by atoms with Gasteiger partial charge in [0.15, 0.2) is 0 Å². The number of aromatic amines is 1. The maximum absolute atomic E-state index is 12.9. The average molecular weight is 486 g/mol. The molecule has 0 aromatic carbocycles. The second-order valence-electron chi connectivity index (χ2n) is 7.76. The number of thioether (sulfide) groups is 1. The zero-order chi connectivity index (χ0) is 21.9. The summed E-state index contributed by atoms with van der Waals surface area (Å²) < 4.78 is 5.45. The number of hydrogen-bond donors (Lipinski definition) is 1. The van der Waals surface area contributed by atoms with Gasteiger partial charge in [0.1, 0.15) is 16.4 Å². The number of carbonyl (C=O) groups excluding carboxylic acids is 1. The first kappa shape index (κ1) is 21.5. The van der Waals surface area contributed by atoms with Crippen LogP contribution < -0.4 is 5.56 Å². The minimum atomic E-state index is -0.0263. The number of nitrogens with one attached hydrogen (secondary N) is 1. The minimum absolute atomic E-state index is 0.0263. The number of fused-ring (bicyclic) bond motifs is 3. The van der Waals surface area contributed by atoms with Gasteiger partial charge in [-0.25, -0.2) is 4.98 Å². The van der Waals surface area contributed by atoms with Gasteiger partial charge in [0.05, 0.1) is 30.5 Å². The predicted molar refractivity (Wildman–Crippen MR) is 130 cm³/mol. The molecule has 0 saturated carbocycles. The Labute approximate surface area is 197 Å². The van der Waals surface area contributed by atoms with E-state index in [-0.39, 0.29) is 11.5 Å². The summed E-state index contributed by atoms with van der Waals surface area (Å²) in [5.74, 6) is 2.81. The molecule has 1 aliphatic carbocycles. The van der Waals surface area contributed by atoms with Crippen molar-refractivity contribution in [3.63, 3.8) is 0 Å². The quantitative estimate of drug-likeness (QED) is 0.338. The van der Waals surface area contributed by atoms with Crippen LogP contribution in [-0.4, -0.2) is 26.5 Å². The number of aromatic nitrogens is 2. The Morgan fingerprint density at radius 3 is 3.00 bits per heavy atom. The van der Waals surface area contributed by atoms with E-state index in [9.17, 15) is 9.59 Å². The molecule has 0 unspecified atom stereocenters. The normalized spacial score (nSPS) is 13.0. The third kappa shape index (κ3) is 4.69. The van der Waals surface area contributed by atoms with E-state index in [2.05, 4.69) is 9.97 Å². The molecule has 6 nitrogen and oxygen atoms in total. The predicted octanol–water partition coefficient (Wildman–Crippen LogP) is 4.98. The number of thiophene rings is 2. The van der Waals surface area contributed by atoms with Gasteiger partial charge in [-0.15, -0.1) is 22.7 Å². The zero-order valence-electron chi connectivity index (χ0n) is 17.5. The summed E-state index contributed by atoms with van der Waals surface area (Å²) in [7, 11) is 0. The lowest BCUT2D eigenvalue weighted by atomic mass is 10.2. The van der Waals surface area contributed by atoms with Crippen LogP contribution >= 0.6 is 34.4 Å². The fraction of sp³-hybridized carbons (Fsp3) is 0.348. The van der Waals surface area contributed by atoms with Crippen molar-refractivity contribution in [1.82, 2.24) is 14.9 Å². The van der Waals surface area contributed by atoms with Crippen LogP contribution in [0.4, 0.5) is 0 Å². The molecule has 9 heteroatoms. The van der Waals surface area contributed by atoms with Crippen molar-refractivity contribution < 1.29 is 9.21 Å². The van der Waals surface area contributed by atoms with E-state index in [1.54, 1.807) is 40.7 Å². The molecule has 5 rings (SSSR count). The van der Waals surface area contributed by atoms with Crippen molar-refractivity contribution in [1.29, 1.82) is 0 Å². The van der Waals surface area contributed by atoms with Crippen molar-refractivity contribution >= 4 is 50.6 Å². The monoisotopic (exact) mass is 485 g/mol. The second kappa shape index (κ2) is 9.64. The Hall–Kier alpha value is -2.36. The highest BCUT2D eigenvalue weighted by Gasteiger charge is 2.21. The van der Waals surface area contributed by atoms with Crippen LogP contribution in [0.1, 0.15) is 39.7 Å². The first-order chi connectivity index (χ1) is 15.7. The minimum Gasteiger partial charge on any atom is -0.467 e. The number of rotatable bonds is 9. The average Bonchev–Trinajstić information content (AvgIpc) is 3.55. The number of furan rings is 1. The lowest BCUT2D eigenvalue weighted by Gasteiger charge is -2.21. The van der Waals surface area contributed by atoms with E-state index in [1.165, 1.54) is 10.4 Å². The third-order valence-electron chi connectivity index (χ3n) is 5.53. The van der Waals surface area contributed by atoms with Crippen LogP contribution in [-0.2, 0) is 36.5 Å². The topological polar surface area (TPSA) is 79.2 Å². The number of H-pyrrole nitrogens is 1. The van der Waals surface area contributed by atoms with Gasteiger partial charge in [-0.1, -0.05) is 6.07 Å². The highest BCUT2D eigenvalue weighted by Crippen LogP contribution is 2.34. The summed E-state index contributed by atoms with van der Waals surface area (Å²) >= 11 is 4.92. The fourth-order valence-electron chi connectivity index (χ4n) is 4.02. The maximum atomic E-state index is 12.9. The van der Waals surface area contributed by atoms with E-state index < -0.39 is 0 Å². The van der Waals surface area contributed by atoms with Crippen LogP contribution in [0.3, 0.4) is 0 Å². The summed E-state index contributed by atoms with van der Waals surface area (Å²) in [6, 6.07) is 7.77. The summed E-state index contributed by atoms with van der Waals surface area (Å²) in [4.78, 5) is 38.3. The lowest BCUT2D eigenvalue weighted by molar-refractivity contribution is -0.132. The number of carbonyl (C=O) groups is 1. The van der Waals surface area contributed by atoms with Crippen LogP contribution in [0.2, 0.25) is 0 Å². The molecule has 0 saturated heterocycles. The van der Waals surface area contributed by atoms with Crippen molar-refractivity contribution in [3.8, 4) is 0 Å². The first-order valence-corrected chi connectivity index (χ1v) is 13.5. The first-order valence-electron chi connectivity index (χ1n) is 10.6. The largest absolute Gasteiger partial charge is 0.467 e. The van der Waals surface area contributed by atoms with E-state index in [0.29, 0.717) is 36.8 Å². The van der Waals surface area contributed by atoms with Gasteiger partial charge in [0.25, 0.3) is 5.56 Å². The van der Waals surface area contributed by atoms with Crippen LogP contribution in [0.25, 0.3) is 10.2 Å². The van der Waals surface area contributed by atoms with Crippen LogP contribution in [0, 0.1) is 0 Å². The SMILES string of the molecule is O=C(CCSCc1nc2sc3c(c2c(=O)[nH]1)CCC3)N(Cc1ccco1)Cc1cccs1. The Kier molecular flexibility index (Phi) is 6.47. The summed E-state index contributed by atoms with van der Waals surface area (Å²) in [6.07, 6.45) is 5.23. The van der Waals surface area contributed by atoms with E-state index in [4.69, 9.17) is 4.42 Å². The third-order valence-corrected chi connectivity index (χ3v) is 8.55. The molecule has 166 valence electrons. The molecule has 0 radical (unpaired) electrons. The maximum Gasteiger partial charge on any atom is 0.259 e. The molecule has 0 spiro atoms. The molecule has 4 aromatic rings. The molecule has 1 N–H and O–H groups in total. The standard InChI is InChI=1S/C23H23N3O3S3/c27-20(26(12-15-4-2-9-29-15)13-16-5-3-10-31-16)8-11-30-14-19-24-22(28)21-17-6-1-7-18(17)32-23(21)25-19/h2-5,9-10H,1,6-8,11-14H2,(H,24,25,28). The molecule has 0 atom stereocenters. The lowest BCUT2D eigenvalue weighted by Crippen LogP contribution is -2.29.